The summed E-state index contributed by atoms with van der Waals surface area (Å²) in [5, 5.41) is 17.3. The van der Waals surface area contributed by atoms with E-state index in [4.69, 9.17) is 10.5 Å². The first kappa shape index (κ1) is 9.75. The fourth-order valence-electron chi connectivity index (χ4n) is 0.720. The van der Waals surface area contributed by atoms with Crippen molar-refractivity contribution in [3.63, 3.8) is 0 Å². The third kappa shape index (κ3) is 1.87. The summed E-state index contributed by atoms with van der Waals surface area (Å²) in [5.74, 6) is 0. The average Bonchev–Trinajstić information content (AvgIpc) is 2.05. The fourth-order valence-corrected chi connectivity index (χ4v) is 2.49. The third-order valence-corrected chi connectivity index (χ3v) is 3.08. The highest BCUT2D eigenvalue weighted by atomic mass is 127. The minimum atomic E-state index is 0.563. The number of nitrogens with zero attached hydrogens (tertiary/aromatic N) is 2. The van der Waals surface area contributed by atoms with Gasteiger partial charge in [-0.25, -0.2) is 0 Å². The van der Waals surface area contributed by atoms with Crippen molar-refractivity contribution in [3.8, 4) is 12.1 Å². The lowest BCUT2D eigenvalue weighted by molar-refractivity contribution is 1.41. The molecule has 1 aromatic carbocycles. The summed E-state index contributed by atoms with van der Waals surface area (Å²) in [7, 11) is 0. The maximum atomic E-state index is 8.66. The van der Waals surface area contributed by atoms with Gasteiger partial charge in [-0.3, -0.25) is 0 Å². The predicted molar refractivity (Wildman–Crippen MR) is 61.3 cm³/mol. The summed E-state index contributed by atoms with van der Waals surface area (Å²) in [6.45, 7) is 0. The molecule has 0 unspecified atom stereocenters. The molecule has 0 bridgehead atoms. The first-order valence-corrected chi connectivity index (χ1v) is 5.14. The van der Waals surface area contributed by atoms with Crippen molar-refractivity contribution in [1.29, 1.82) is 10.5 Å². The molecule has 0 fully saturated rings. The van der Waals surface area contributed by atoms with Gasteiger partial charge < -0.3 is 0 Å². The first-order valence-electron chi connectivity index (χ1n) is 2.98. The van der Waals surface area contributed by atoms with Crippen molar-refractivity contribution >= 4 is 45.2 Å². The van der Waals surface area contributed by atoms with Crippen LogP contribution in [0.4, 0.5) is 0 Å². The van der Waals surface area contributed by atoms with E-state index in [9.17, 15) is 0 Å². The zero-order valence-corrected chi connectivity index (χ0v) is 10.1. The van der Waals surface area contributed by atoms with E-state index in [0.717, 1.165) is 7.14 Å². The second-order valence-electron chi connectivity index (χ2n) is 2.04. The van der Waals surface area contributed by atoms with Crippen molar-refractivity contribution in [2.45, 2.75) is 0 Å². The summed E-state index contributed by atoms with van der Waals surface area (Å²) in [5.41, 5.74) is 1.13. The molecule has 0 aliphatic carbocycles. The zero-order chi connectivity index (χ0) is 9.14. The second kappa shape index (κ2) is 4.06. The molecule has 0 heterocycles. The van der Waals surface area contributed by atoms with E-state index in [1.54, 1.807) is 6.07 Å². The lowest BCUT2D eigenvalue weighted by Crippen LogP contribution is -1.88. The molecule has 2 nitrogen and oxygen atoms in total. The number of rotatable bonds is 0. The van der Waals surface area contributed by atoms with Gasteiger partial charge in [0.1, 0.15) is 12.1 Å². The lowest BCUT2D eigenvalue weighted by Gasteiger charge is -1.97. The monoisotopic (exact) mass is 380 g/mol. The van der Waals surface area contributed by atoms with E-state index >= 15 is 0 Å². The highest BCUT2D eigenvalue weighted by Gasteiger charge is 2.04. The van der Waals surface area contributed by atoms with Crippen LogP contribution in [0.2, 0.25) is 0 Å². The van der Waals surface area contributed by atoms with Gasteiger partial charge >= 0.3 is 0 Å². The Hall–Kier alpha value is -0.340. The molecule has 0 aliphatic heterocycles. The molecular weight excluding hydrogens is 378 g/mol. The molecule has 12 heavy (non-hydrogen) atoms. The predicted octanol–water partition coefficient (Wildman–Crippen LogP) is 2.64. The summed E-state index contributed by atoms with van der Waals surface area (Å²) >= 11 is 4.16. The maximum Gasteiger partial charge on any atom is 0.100 e. The molecule has 0 amide bonds. The van der Waals surface area contributed by atoms with Gasteiger partial charge in [0.15, 0.2) is 0 Å². The van der Waals surface area contributed by atoms with Crippen LogP contribution in [0.5, 0.6) is 0 Å². The van der Waals surface area contributed by atoms with E-state index < -0.39 is 0 Å². The van der Waals surface area contributed by atoms with Crippen LogP contribution in [0.25, 0.3) is 0 Å². The molecule has 0 aromatic heterocycles. The molecule has 58 valence electrons. The Morgan fingerprint density at radius 3 is 1.67 bits per heavy atom. The van der Waals surface area contributed by atoms with Gasteiger partial charge in [-0.2, -0.15) is 10.5 Å². The van der Waals surface area contributed by atoms with Crippen molar-refractivity contribution < 1.29 is 0 Å². The molecule has 0 saturated carbocycles. The molecule has 0 saturated heterocycles. The van der Waals surface area contributed by atoms with Gasteiger partial charge in [-0.05, 0) is 57.3 Å². The fraction of sp³-hybridized carbons (Fsp3) is 0. The van der Waals surface area contributed by atoms with Gasteiger partial charge in [0.05, 0.1) is 11.1 Å². The quantitative estimate of drug-likeness (QED) is 0.650. The van der Waals surface area contributed by atoms with Crippen molar-refractivity contribution in [2.75, 3.05) is 0 Å². The van der Waals surface area contributed by atoms with E-state index in [-0.39, 0.29) is 0 Å². The minimum absolute atomic E-state index is 0.563. The van der Waals surface area contributed by atoms with Crippen LogP contribution < -0.4 is 0 Å². The highest BCUT2D eigenvalue weighted by molar-refractivity contribution is 14.1. The summed E-state index contributed by atoms with van der Waals surface area (Å²) in [6.07, 6.45) is 0. The van der Waals surface area contributed by atoms with E-state index in [1.165, 1.54) is 0 Å². The third-order valence-electron chi connectivity index (χ3n) is 1.30. The van der Waals surface area contributed by atoms with Crippen LogP contribution in [0.15, 0.2) is 12.1 Å². The van der Waals surface area contributed by atoms with Gasteiger partial charge in [-0.1, -0.05) is 0 Å². The van der Waals surface area contributed by atoms with Gasteiger partial charge in [0, 0.05) is 7.14 Å². The Bertz CT molecular complexity index is 363. The Kier molecular flexibility index (Phi) is 3.29. The van der Waals surface area contributed by atoms with Crippen LogP contribution in [0, 0.1) is 29.8 Å². The van der Waals surface area contributed by atoms with Gasteiger partial charge in [0.2, 0.25) is 0 Å². The molecule has 1 rings (SSSR count). The molecule has 0 aliphatic rings. The number of hydrogen-bond donors (Lipinski definition) is 0. The first-order chi connectivity index (χ1) is 5.69. The Morgan fingerprint density at radius 2 is 1.33 bits per heavy atom. The van der Waals surface area contributed by atoms with Crippen molar-refractivity contribution in [1.82, 2.24) is 0 Å². The van der Waals surface area contributed by atoms with Crippen LogP contribution in [-0.2, 0) is 0 Å². The van der Waals surface area contributed by atoms with E-state index in [1.807, 2.05) is 18.2 Å². The molecule has 1 aromatic rings. The summed E-state index contributed by atoms with van der Waals surface area (Å²) in [4.78, 5) is 0. The van der Waals surface area contributed by atoms with Gasteiger partial charge in [-0.15, -0.1) is 0 Å². The number of nitriles is 2. The Morgan fingerprint density at radius 1 is 0.917 bits per heavy atom. The van der Waals surface area contributed by atoms with Crippen LogP contribution in [0.1, 0.15) is 11.1 Å². The van der Waals surface area contributed by atoms with Gasteiger partial charge in [0.25, 0.3) is 0 Å². The van der Waals surface area contributed by atoms with E-state index in [2.05, 4.69) is 45.2 Å². The molecule has 0 N–H and O–H groups in total. The van der Waals surface area contributed by atoms with Crippen LogP contribution in [0.3, 0.4) is 0 Å². The molecular formula is C8H2I2N2. The smallest absolute Gasteiger partial charge is 0.100 e. The molecule has 0 atom stereocenters. The number of halogens is 2. The minimum Gasteiger partial charge on any atom is -0.192 e. The Labute approximate surface area is 97.5 Å². The van der Waals surface area contributed by atoms with E-state index in [0.29, 0.717) is 11.1 Å². The maximum absolute atomic E-state index is 8.66. The largest absolute Gasteiger partial charge is 0.192 e. The summed E-state index contributed by atoms with van der Waals surface area (Å²) in [6, 6.07) is 7.52. The zero-order valence-electron chi connectivity index (χ0n) is 5.81. The van der Waals surface area contributed by atoms with Crippen LogP contribution in [-0.4, -0.2) is 0 Å². The molecule has 4 heteroatoms. The van der Waals surface area contributed by atoms with Crippen molar-refractivity contribution in [3.05, 3.63) is 30.4 Å². The lowest BCUT2D eigenvalue weighted by atomic mass is 10.1. The SMILES string of the molecule is N#Cc1cc(C#N)c(I)cc1I. The van der Waals surface area contributed by atoms with Crippen LogP contribution >= 0.6 is 45.2 Å². The summed E-state index contributed by atoms with van der Waals surface area (Å²) < 4.78 is 1.78. The molecule has 0 radical (unpaired) electrons. The Balaban J connectivity index is 3.42. The van der Waals surface area contributed by atoms with Crippen molar-refractivity contribution in [2.24, 2.45) is 0 Å². The topological polar surface area (TPSA) is 47.6 Å². The molecule has 0 spiro atoms. The number of benzene rings is 1. The highest BCUT2D eigenvalue weighted by Crippen LogP contribution is 2.19. The normalized spacial score (nSPS) is 8.67. The average molecular weight is 380 g/mol. The second-order valence-corrected chi connectivity index (χ2v) is 4.36. The number of hydrogen-bond acceptors (Lipinski definition) is 2. The standard InChI is InChI=1S/C8H2I2N2/c9-7-2-8(10)6(4-12)1-5(7)3-11/h1-2H.